The van der Waals surface area contributed by atoms with Gasteiger partial charge < -0.3 is 40.8 Å². The molecule has 1 heterocycles. The third-order valence-electron chi connectivity index (χ3n) is 7.25. The summed E-state index contributed by atoms with van der Waals surface area (Å²) in [5.74, 6) is -1.98. The molecule has 0 unspecified atom stereocenters. The number of ether oxygens (including phenoxy) is 3. The third kappa shape index (κ3) is 10.1. The van der Waals surface area contributed by atoms with Gasteiger partial charge in [-0.3, -0.25) is 14.4 Å². The highest BCUT2D eigenvalue weighted by Crippen LogP contribution is 2.29. The molecule has 0 aromatic rings. The van der Waals surface area contributed by atoms with Crippen molar-refractivity contribution in [3.63, 3.8) is 0 Å². The summed E-state index contributed by atoms with van der Waals surface area (Å²) in [4.78, 5) is 51.3. The van der Waals surface area contributed by atoms with Gasteiger partial charge in [-0.2, -0.15) is 0 Å². The highest BCUT2D eigenvalue weighted by molar-refractivity contribution is 6.23. The highest BCUT2D eigenvalue weighted by atomic mass is 35.5. The number of hydrogen-bond acceptors (Lipinski definition) is 10. The monoisotopic (exact) mass is 623 g/mol. The van der Waals surface area contributed by atoms with Gasteiger partial charge in [0.1, 0.15) is 6.10 Å². The summed E-state index contributed by atoms with van der Waals surface area (Å²) in [6.45, 7) is 4.82. The number of allylic oxidation sites excluding steroid dienone is 4. The topological polar surface area (TPSA) is 187 Å². The number of ketones is 2. The normalized spacial score (nSPS) is 30.1. The summed E-state index contributed by atoms with van der Waals surface area (Å²) in [5, 5.41) is 26.8. The second kappa shape index (κ2) is 17.0. The van der Waals surface area contributed by atoms with Gasteiger partial charge in [0.05, 0.1) is 43.1 Å². The Kier molecular flexibility index (Phi) is 14.1. The van der Waals surface area contributed by atoms with Crippen molar-refractivity contribution in [2.75, 3.05) is 33.3 Å². The van der Waals surface area contributed by atoms with Crippen LogP contribution in [0.15, 0.2) is 58.2 Å². The van der Waals surface area contributed by atoms with E-state index in [1.54, 1.807) is 13.0 Å². The molecule has 0 radical (unpaired) electrons. The predicted octanol–water partition coefficient (Wildman–Crippen LogP) is 1.91. The summed E-state index contributed by atoms with van der Waals surface area (Å²) in [7, 11) is 2.83. The molecule has 2 rings (SSSR count). The first-order valence-corrected chi connectivity index (χ1v) is 14.4. The number of primary amides is 1. The zero-order valence-corrected chi connectivity index (χ0v) is 25.9. The fraction of sp³-hybridized carbons (Fsp3) is 0.533. The quantitative estimate of drug-likeness (QED) is 0.159. The number of halogens is 1. The van der Waals surface area contributed by atoms with Crippen molar-refractivity contribution in [3.05, 3.63) is 58.2 Å². The first-order chi connectivity index (χ1) is 20.4. The molecule has 1 aliphatic heterocycles. The maximum Gasteiger partial charge on any atom is 0.405 e. The molecule has 43 heavy (non-hydrogen) atoms. The summed E-state index contributed by atoms with van der Waals surface area (Å²) in [6.07, 6.45) is 2.08. The average molecular weight is 624 g/mol. The van der Waals surface area contributed by atoms with Crippen molar-refractivity contribution in [3.8, 4) is 0 Å². The van der Waals surface area contributed by atoms with Gasteiger partial charge in [-0.05, 0) is 37.3 Å². The maximum atomic E-state index is 13.6. The standard InChI is InChI=1S/C30H42ClN3O9/c1-16-10-21-26(33-9-8-31)23(36)14-22(28(21)38)34-29(39)17(2)6-7-20(41-4)13-24(43-30(32)40)19(15-35)12-18(3)27(37)25(11-16)42-5/h6-7,12,14,16,18,24-25,27,33,35,37H,8-11,13,15H2,1-5H3,(H2,32,40)(H,34,39)/b17-6+,19-12+,20-7-/t16-,18-,24+,25-,27+/m0/s1. The molecule has 2 bridgehead atoms. The van der Waals surface area contributed by atoms with Crippen molar-refractivity contribution in [2.24, 2.45) is 17.6 Å². The molecule has 0 spiro atoms. The van der Waals surface area contributed by atoms with Crippen LogP contribution in [0.4, 0.5) is 4.79 Å². The zero-order chi connectivity index (χ0) is 32.3. The van der Waals surface area contributed by atoms with Gasteiger partial charge in [-0.25, -0.2) is 4.79 Å². The SMILES string of the molecule is CO/C1=C\C=C(/C)C(=O)NC2=CC(=O)C(NCCCl)=C(C[C@H](C)C[C@H](OC)[C@H](O)[C@@H](C)/C=C(\CO)[C@H](OC(N)=O)C1)C2=O. The molecule has 6 N–H and O–H groups in total. The fourth-order valence-electron chi connectivity index (χ4n) is 4.89. The number of methoxy groups -OCH3 is 2. The average Bonchev–Trinajstić information content (AvgIpc) is 2.96. The Bertz CT molecular complexity index is 1220. The molecule has 0 saturated heterocycles. The number of aliphatic hydroxyl groups is 2. The van der Waals surface area contributed by atoms with Crippen LogP contribution in [0.3, 0.4) is 0 Å². The van der Waals surface area contributed by atoms with Gasteiger partial charge in [0.25, 0.3) is 5.91 Å². The molecule has 0 saturated carbocycles. The van der Waals surface area contributed by atoms with E-state index < -0.39 is 54.4 Å². The minimum Gasteiger partial charge on any atom is -0.501 e. The lowest BCUT2D eigenvalue weighted by molar-refractivity contribution is -0.120. The van der Waals surface area contributed by atoms with Crippen LogP contribution in [0.2, 0.25) is 0 Å². The fourth-order valence-corrected chi connectivity index (χ4v) is 4.99. The number of Topliss-reactive ketones (excluding diaryl/α,β-unsaturated/α-hetero) is 1. The van der Waals surface area contributed by atoms with E-state index in [4.69, 9.17) is 31.5 Å². The maximum absolute atomic E-state index is 13.6. The highest BCUT2D eigenvalue weighted by Gasteiger charge is 2.33. The van der Waals surface area contributed by atoms with Crippen LogP contribution in [0.25, 0.3) is 0 Å². The molecule has 238 valence electrons. The van der Waals surface area contributed by atoms with Crippen molar-refractivity contribution in [1.29, 1.82) is 0 Å². The lowest BCUT2D eigenvalue weighted by Crippen LogP contribution is -2.37. The number of aliphatic hydroxyl groups excluding tert-OH is 2. The number of alkyl halides is 1. The second-order valence-electron chi connectivity index (χ2n) is 10.6. The lowest BCUT2D eigenvalue weighted by Gasteiger charge is -2.29. The number of carbonyl (C=O) groups is 4. The molecular weight excluding hydrogens is 582 g/mol. The number of amides is 2. The number of nitrogens with one attached hydrogen (secondary N) is 2. The van der Waals surface area contributed by atoms with Crippen LogP contribution >= 0.6 is 11.6 Å². The molecule has 2 aliphatic rings. The minimum atomic E-state index is -1.08. The largest absolute Gasteiger partial charge is 0.501 e. The van der Waals surface area contributed by atoms with E-state index in [0.717, 1.165) is 6.08 Å². The van der Waals surface area contributed by atoms with Crippen molar-refractivity contribution >= 4 is 35.2 Å². The Morgan fingerprint density at radius 2 is 1.88 bits per heavy atom. The zero-order valence-electron chi connectivity index (χ0n) is 25.1. The third-order valence-corrected chi connectivity index (χ3v) is 7.44. The second-order valence-corrected chi connectivity index (χ2v) is 10.9. The van der Waals surface area contributed by atoms with Gasteiger partial charge in [0, 0.05) is 49.1 Å². The van der Waals surface area contributed by atoms with Crippen LogP contribution in [-0.4, -0.2) is 85.3 Å². The van der Waals surface area contributed by atoms with E-state index in [1.165, 1.54) is 33.3 Å². The van der Waals surface area contributed by atoms with Crippen molar-refractivity contribution in [2.45, 2.75) is 58.3 Å². The molecule has 5 atom stereocenters. The molecule has 13 heteroatoms. The molecular formula is C30H42ClN3O9. The molecule has 0 fully saturated rings. The summed E-state index contributed by atoms with van der Waals surface area (Å²) < 4.78 is 16.3. The van der Waals surface area contributed by atoms with E-state index >= 15 is 0 Å². The summed E-state index contributed by atoms with van der Waals surface area (Å²) in [6, 6.07) is 0. The molecule has 2 amide bonds. The molecule has 0 aromatic carbocycles. The van der Waals surface area contributed by atoms with E-state index in [-0.39, 0.29) is 65.1 Å². The summed E-state index contributed by atoms with van der Waals surface area (Å²) >= 11 is 5.82. The van der Waals surface area contributed by atoms with E-state index in [1.807, 2.05) is 6.92 Å². The first kappa shape index (κ1) is 35.7. The number of fused-ring (bicyclic) bond motifs is 2. The van der Waals surface area contributed by atoms with Gasteiger partial charge in [0.2, 0.25) is 11.6 Å². The van der Waals surface area contributed by atoms with E-state index in [0.29, 0.717) is 6.42 Å². The van der Waals surface area contributed by atoms with Crippen LogP contribution in [0.5, 0.6) is 0 Å². The van der Waals surface area contributed by atoms with E-state index in [2.05, 4.69) is 10.6 Å². The van der Waals surface area contributed by atoms with Crippen molar-refractivity contribution in [1.82, 2.24) is 10.6 Å². The number of nitrogens with two attached hydrogens (primary N) is 1. The van der Waals surface area contributed by atoms with Crippen molar-refractivity contribution < 1.29 is 43.6 Å². The van der Waals surface area contributed by atoms with Gasteiger partial charge in [-0.1, -0.05) is 26.0 Å². The number of rotatable bonds is 7. The lowest BCUT2D eigenvalue weighted by atomic mass is 9.85. The van der Waals surface area contributed by atoms with Crippen LogP contribution in [0, 0.1) is 11.8 Å². The Morgan fingerprint density at radius 1 is 1.19 bits per heavy atom. The molecule has 0 aromatic heterocycles. The molecule has 12 nitrogen and oxygen atoms in total. The first-order valence-electron chi connectivity index (χ1n) is 13.9. The Hall–Kier alpha value is -3.45. The van der Waals surface area contributed by atoms with E-state index in [9.17, 15) is 29.4 Å². The number of carbonyl (C=O) groups excluding carboxylic acids is 4. The Labute approximate surface area is 256 Å². The van der Waals surface area contributed by atoms with Gasteiger partial charge >= 0.3 is 6.09 Å². The molecule has 1 aliphatic carbocycles. The summed E-state index contributed by atoms with van der Waals surface area (Å²) in [5.41, 5.74) is 5.89. The van der Waals surface area contributed by atoms with Crippen LogP contribution in [0.1, 0.15) is 40.0 Å². The Morgan fingerprint density at radius 3 is 2.47 bits per heavy atom. The van der Waals surface area contributed by atoms with Crippen LogP contribution in [-0.2, 0) is 28.6 Å². The smallest absolute Gasteiger partial charge is 0.405 e. The minimum absolute atomic E-state index is 0.0465. The van der Waals surface area contributed by atoms with Gasteiger partial charge in [-0.15, -0.1) is 11.6 Å². The van der Waals surface area contributed by atoms with Gasteiger partial charge in [0.15, 0.2) is 0 Å². The number of hydrogen-bond donors (Lipinski definition) is 5. The Balaban J connectivity index is 2.65. The van der Waals surface area contributed by atoms with Crippen LogP contribution < -0.4 is 16.4 Å². The predicted molar refractivity (Wildman–Crippen MR) is 159 cm³/mol.